The summed E-state index contributed by atoms with van der Waals surface area (Å²) in [5, 5.41) is 0. The van der Waals surface area contributed by atoms with Crippen LogP contribution in [-0.2, 0) is 59.5 Å². The van der Waals surface area contributed by atoms with Crippen LogP contribution < -0.4 is 0 Å². The van der Waals surface area contributed by atoms with Gasteiger partial charge in [0, 0.05) is 26.2 Å². The zero-order valence-electron chi connectivity index (χ0n) is 9.46. The second kappa shape index (κ2) is 11.1. The van der Waals surface area contributed by atoms with Crippen molar-refractivity contribution in [1.29, 1.82) is 0 Å². The van der Waals surface area contributed by atoms with Crippen molar-refractivity contribution in [3.63, 3.8) is 0 Å². The Kier molecular flexibility index (Phi) is 14.3. The summed E-state index contributed by atoms with van der Waals surface area (Å²) in [5.74, 6) is 0. The Balaban J connectivity index is 0. The van der Waals surface area contributed by atoms with Crippen molar-refractivity contribution in [1.82, 2.24) is 0 Å². The molecule has 0 fully saturated rings. The molecule has 4 nitrogen and oxygen atoms in total. The first-order valence-corrected chi connectivity index (χ1v) is 8.81. The molecule has 0 radical (unpaired) electrons. The summed E-state index contributed by atoms with van der Waals surface area (Å²) in [5.41, 5.74) is 0. The van der Waals surface area contributed by atoms with Crippen molar-refractivity contribution >= 4 is 0 Å². The molecule has 0 bridgehead atoms. The minimum atomic E-state index is -3.56. The Morgan fingerprint density at radius 3 is 1.00 bits per heavy atom. The minimum Gasteiger partial charge on any atom is 0 e. The first kappa shape index (κ1) is 18.0. The molecule has 0 saturated carbocycles. The van der Waals surface area contributed by atoms with Crippen LogP contribution >= 0.6 is 0 Å². The van der Waals surface area contributed by atoms with Crippen LogP contribution in [0.15, 0.2) is 0 Å². The van der Waals surface area contributed by atoms with Gasteiger partial charge in [-0.25, -0.2) is 0 Å². The van der Waals surface area contributed by atoms with E-state index in [1.54, 1.807) is 0 Å². The molecule has 0 aromatic heterocycles. The Labute approximate surface area is 113 Å². The fourth-order valence-electron chi connectivity index (χ4n) is 0.957. The third-order valence-electron chi connectivity index (χ3n) is 1.28. The summed E-state index contributed by atoms with van der Waals surface area (Å²) in [6.07, 6.45) is 0. The van der Waals surface area contributed by atoms with E-state index in [0.29, 0.717) is 26.4 Å². The van der Waals surface area contributed by atoms with Crippen LogP contribution in [0.4, 0.5) is 0 Å². The van der Waals surface area contributed by atoms with Gasteiger partial charge < -0.3 is 0 Å². The van der Waals surface area contributed by atoms with Gasteiger partial charge in [-0.15, -0.1) is 0 Å². The van der Waals surface area contributed by atoms with Crippen molar-refractivity contribution < 1.29 is 59.5 Å². The Hall–Kier alpha value is 1.61. The van der Waals surface area contributed by atoms with E-state index in [4.69, 9.17) is 11.3 Å². The van der Waals surface area contributed by atoms with Gasteiger partial charge in [0.2, 0.25) is 0 Å². The van der Waals surface area contributed by atoms with Crippen LogP contribution in [0.2, 0.25) is 0 Å². The molecule has 0 aliphatic heterocycles. The topological polar surface area (TPSA) is 36.9 Å². The van der Waals surface area contributed by atoms with Crippen LogP contribution in [0.25, 0.3) is 0 Å². The van der Waals surface area contributed by atoms with Crippen LogP contribution in [-0.4, -0.2) is 26.4 Å². The van der Waals surface area contributed by atoms with Gasteiger partial charge in [0.15, 0.2) is 0 Å². The molecule has 0 rings (SSSR count). The maximum absolute atomic E-state index is 5.49. The summed E-state index contributed by atoms with van der Waals surface area (Å²) >= 11 is -3.56. The molecule has 0 saturated heterocycles. The summed E-state index contributed by atoms with van der Waals surface area (Å²) in [4.78, 5) is 0. The molecule has 0 N–H and O–H groups in total. The molecule has 0 aromatic rings. The standard InChI is InChI=1S/4C2H5O.2Zr/c4*1-2-3;;/h4*2H2,1H3;;/q4*-1;;+4. The third kappa shape index (κ3) is 6.98. The van der Waals surface area contributed by atoms with E-state index in [1.807, 2.05) is 27.7 Å². The summed E-state index contributed by atoms with van der Waals surface area (Å²) in [7, 11) is 0. The molecule has 0 aliphatic rings. The van der Waals surface area contributed by atoms with E-state index in [-0.39, 0.29) is 26.2 Å². The van der Waals surface area contributed by atoms with E-state index in [2.05, 4.69) is 0 Å². The molecule has 6 heteroatoms. The van der Waals surface area contributed by atoms with Crippen LogP contribution in [0.1, 0.15) is 27.7 Å². The van der Waals surface area contributed by atoms with Crippen molar-refractivity contribution in [2.24, 2.45) is 0 Å². The van der Waals surface area contributed by atoms with Crippen molar-refractivity contribution in [2.45, 2.75) is 27.7 Å². The molecule has 0 heterocycles. The van der Waals surface area contributed by atoms with E-state index in [0.717, 1.165) is 0 Å². The zero-order valence-corrected chi connectivity index (χ0v) is 14.4. The first-order valence-electron chi connectivity index (χ1n) is 4.80. The van der Waals surface area contributed by atoms with Crippen LogP contribution in [0.3, 0.4) is 0 Å². The van der Waals surface area contributed by atoms with Gasteiger partial charge in [0.05, 0.1) is 0 Å². The molecular formula is C8H20O4Zr2. The molecule has 14 heavy (non-hydrogen) atoms. The Morgan fingerprint density at radius 2 is 0.857 bits per heavy atom. The average molecular weight is 363 g/mol. The van der Waals surface area contributed by atoms with Crippen LogP contribution in [0, 0.1) is 0 Å². The maximum Gasteiger partial charge on any atom is 0 e. The number of rotatable bonds is 8. The molecule has 0 spiro atoms. The SMILES string of the molecule is CC[O][Zr]([O]CC)([O]CC)[O]CC.[Zr]. The van der Waals surface area contributed by atoms with Crippen molar-refractivity contribution in [3.8, 4) is 0 Å². The largest absolute Gasteiger partial charge is 0 e. The van der Waals surface area contributed by atoms with Gasteiger partial charge >= 0.3 is 87.4 Å². The van der Waals surface area contributed by atoms with Crippen LogP contribution in [0.5, 0.6) is 0 Å². The Bertz CT molecular complexity index is 94.4. The predicted octanol–water partition coefficient (Wildman–Crippen LogP) is 1.94. The third-order valence-corrected chi connectivity index (χ3v) is 7.60. The van der Waals surface area contributed by atoms with Gasteiger partial charge in [-0.05, 0) is 0 Å². The monoisotopic (exact) mass is 360 g/mol. The fourth-order valence-corrected chi connectivity index (χ4v) is 5.66. The van der Waals surface area contributed by atoms with Gasteiger partial charge in [-0.1, -0.05) is 0 Å². The first-order chi connectivity index (χ1) is 6.24. The smallest absolute Gasteiger partial charge is 0 e. The van der Waals surface area contributed by atoms with E-state index >= 15 is 0 Å². The quantitative estimate of drug-likeness (QED) is 0.661. The van der Waals surface area contributed by atoms with Gasteiger partial charge in [0.1, 0.15) is 0 Å². The molecule has 0 unspecified atom stereocenters. The molecule has 84 valence electrons. The van der Waals surface area contributed by atoms with E-state index < -0.39 is 22.0 Å². The summed E-state index contributed by atoms with van der Waals surface area (Å²) in [6, 6.07) is 0. The summed E-state index contributed by atoms with van der Waals surface area (Å²) in [6.45, 7) is 10.00. The van der Waals surface area contributed by atoms with E-state index in [1.165, 1.54) is 0 Å². The van der Waals surface area contributed by atoms with E-state index in [9.17, 15) is 0 Å². The van der Waals surface area contributed by atoms with Gasteiger partial charge in [0.25, 0.3) is 0 Å². The van der Waals surface area contributed by atoms with Gasteiger partial charge in [-0.2, -0.15) is 0 Å². The molecule has 0 amide bonds. The average Bonchev–Trinajstić information content (AvgIpc) is 2.06. The zero-order chi connectivity index (χ0) is 10.2. The number of hydrogen-bond acceptors (Lipinski definition) is 4. The van der Waals surface area contributed by atoms with Gasteiger partial charge in [-0.3, -0.25) is 0 Å². The maximum atomic E-state index is 5.49. The normalized spacial score (nSPS) is 11.1. The molecule has 0 aliphatic carbocycles. The summed E-state index contributed by atoms with van der Waals surface area (Å²) < 4.78 is 22.0. The second-order valence-electron chi connectivity index (χ2n) is 2.23. The predicted molar refractivity (Wildman–Crippen MR) is 46.5 cm³/mol. The molecule has 0 aromatic carbocycles. The fraction of sp³-hybridized carbons (Fsp3) is 1.00. The van der Waals surface area contributed by atoms with Crippen molar-refractivity contribution in [2.75, 3.05) is 26.4 Å². The second-order valence-corrected chi connectivity index (χ2v) is 7.53. The minimum absolute atomic E-state index is 0. The molecule has 0 atom stereocenters. The van der Waals surface area contributed by atoms with Crippen molar-refractivity contribution in [3.05, 3.63) is 0 Å². The number of hydrogen-bond donors (Lipinski definition) is 0. The Morgan fingerprint density at radius 1 is 0.643 bits per heavy atom. The molecular weight excluding hydrogens is 343 g/mol.